The summed E-state index contributed by atoms with van der Waals surface area (Å²) in [4.78, 5) is 19.4. The number of hydrogen-bond donors (Lipinski definition) is 1. The van der Waals surface area contributed by atoms with Gasteiger partial charge in [0.05, 0.1) is 23.6 Å². The Labute approximate surface area is 162 Å². The first-order valence-corrected chi connectivity index (χ1v) is 9.62. The molecule has 1 aliphatic heterocycles. The number of pyridine rings is 1. The van der Waals surface area contributed by atoms with Crippen LogP contribution in [0.3, 0.4) is 0 Å². The summed E-state index contributed by atoms with van der Waals surface area (Å²) in [6, 6.07) is 8.14. The van der Waals surface area contributed by atoms with Gasteiger partial charge in [-0.25, -0.2) is 4.98 Å². The van der Waals surface area contributed by atoms with Crippen molar-refractivity contribution in [3.63, 3.8) is 0 Å². The van der Waals surface area contributed by atoms with Gasteiger partial charge in [0.15, 0.2) is 0 Å². The highest BCUT2D eigenvalue weighted by atomic mass is 16.5. The van der Waals surface area contributed by atoms with Gasteiger partial charge in [-0.3, -0.25) is 9.88 Å². The highest BCUT2D eigenvalue weighted by Crippen LogP contribution is 2.33. The second-order valence-corrected chi connectivity index (χ2v) is 7.41. The van der Waals surface area contributed by atoms with Crippen molar-refractivity contribution in [1.82, 2.24) is 30.0 Å². The number of aromatic amines is 1. The lowest BCUT2D eigenvalue weighted by Crippen LogP contribution is -2.23. The molecule has 0 radical (unpaired) electrons. The van der Waals surface area contributed by atoms with Gasteiger partial charge in [-0.1, -0.05) is 11.2 Å². The van der Waals surface area contributed by atoms with Gasteiger partial charge in [-0.05, 0) is 62.6 Å². The average Bonchev–Trinajstić information content (AvgIpc) is 3.45. The number of benzene rings is 1. The summed E-state index contributed by atoms with van der Waals surface area (Å²) in [7, 11) is 0. The van der Waals surface area contributed by atoms with Crippen LogP contribution in [-0.4, -0.2) is 36.5 Å². The van der Waals surface area contributed by atoms with Crippen molar-refractivity contribution >= 4 is 11.0 Å². The highest BCUT2D eigenvalue weighted by Gasteiger charge is 2.31. The van der Waals surface area contributed by atoms with Crippen molar-refractivity contribution in [2.75, 3.05) is 6.54 Å². The van der Waals surface area contributed by atoms with Gasteiger partial charge in [-0.2, -0.15) is 4.98 Å². The van der Waals surface area contributed by atoms with Crippen LogP contribution >= 0.6 is 0 Å². The van der Waals surface area contributed by atoms with Crippen LogP contribution in [0.15, 0.2) is 41.2 Å². The molecule has 7 nitrogen and oxygen atoms in total. The number of hydrogen-bond acceptors (Lipinski definition) is 6. The van der Waals surface area contributed by atoms with Crippen molar-refractivity contribution in [3.8, 4) is 11.4 Å². The number of likely N-dealkylation sites (tertiary alicyclic amines) is 1. The summed E-state index contributed by atoms with van der Waals surface area (Å²) < 4.78 is 5.61. The van der Waals surface area contributed by atoms with E-state index in [1.807, 2.05) is 12.1 Å². The third kappa shape index (κ3) is 2.97. The van der Waals surface area contributed by atoms with E-state index in [1.54, 1.807) is 12.4 Å². The first kappa shape index (κ1) is 17.1. The standard InChI is InChI=1S/C21H22N6O/c1-13-5-6-16-19(14(13)2)24-18(23-16)12-27-11-3-4-17(27)21-25-20(26-28-21)15-7-9-22-10-8-15/h5-10,17H,3-4,11-12H2,1-2H3,(H,23,24). The molecule has 0 aliphatic carbocycles. The molecule has 0 bridgehead atoms. The Balaban J connectivity index is 1.39. The quantitative estimate of drug-likeness (QED) is 0.582. The number of H-pyrrole nitrogens is 1. The molecule has 1 unspecified atom stereocenters. The van der Waals surface area contributed by atoms with Crippen molar-refractivity contribution in [2.45, 2.75) is 39.3 Å². The van der Waals surface area contributed by atoms with Gasteiger partial charge in [0.2, 0.25) is 11.7 Å². The summed E-state index contributed by atoms with van der Waals surface area (Å²) in [5, 5.41) is 4.16. The van der Waals surface area contributed by atoms with Crippen LogP contribution < -0.4 is 0 Å². The lowest BCUT2D eigenvalue weighted by atomic mass is 10.1. The molecule has 142 valence electrons. The number of nitrogens with zero attached hydrogens (tertiary/aromatic N) is 5. The summed E-state index contributed by atoms with van der Waals surface area (Å²) >= 11 is 0. The minimum Gasteiger partial charge on any atom is -0.341 e. The molecule has 0 spiro atoms. The monoisotopic (exact) mass is 374 g/mol. The zero-order chi connectivity index (χ0) is 19.1. The molecule has 28 heavy (non-hydrogen) atoms. The Morgan fingerprint density at radius 3 is 2.86 bits per heavy atom. The van der Waals surface area contributed by atoms with Crippen molar-refractivity contribution in [1.29, 1.82) is 0 Å². The van der Waals surface area contributed by atoms with Crippen LogP contribution in [0, 0.1) is 13.8 Å². The Morgan fingerprint density at radius 1 is 1.14 bits per heavy atom. The highest BCUT2D eigenvalue weighted by molar-refractivity contribution is 5.79. The van der Waals surface area contributed by atoms with Crippen LogP contribution in [0.25, 0.3) is 22.4 Å². The summed E-state index contributed by atoms with van der Waals surface area (Å²) in [6.45, 7) is 5.98. The van der Waals surface area contributed by atoms with Gasteiger partial charge in [-0.15, -0.1) is 0 Å². The van der Waals surface area contributed by atoms with Crippen LogP contribution in [0.1, 0.15) is 41.7 Å². The smallest absolute Gasteiger partial charge is 0.244 e. The minimum absolute atomic E-state index is 0.124. The van der Waals surface area contributed by atoms with E-state index < -0.39 is 0 Å². The van der Waals surface area contributed by atoms with E-state index in [1.165, 1.54) is 11.1 Å². The zero-order valence-electron chi connectivity index (χ0n) is 16.0. The van der Waals surface area contributed by atoms with E-state index in [0.717, 1.165) is 48.4 Å². The topological polar surface area (TPSA) is 83.7 Å². The maximum atomic E-state index is 5.61. The number of imidazole rings is 1. The first-order valence-electron chi connectivity index (χ1n) is 9.62. The molecule has 1 atom stereocenters. The molecule has 1 aromatic carbocycles. The summed E-state index contributed by atoms with van der Waals surface area (Å²) in [6.07, 6.45) is 5.59. The molecule has 3 aromatic heterocycles. The lowest BCUT2D eigenvalue weighted by Gasteiger charge is -2.19. The van der Waals surface area contributed by atoms with E-state index in [4.69, 9.17) is 9.51 Å². The van der Waals surface area contributed by atoms with Crippen molar-refractivity contribution in [3.05, 3.63) is 59.5 Å². The lowest BCUT2D eigenvalue weighted by molar-refractivity contribution is 0.197. The minimum atomic E-state index is 0.124. The van der Waals surface area contributed by atoms with E-state index in [0.29, 0.717) is 11.7 Å². The Bertz CT molecular complexity index is 1120. The summed E-state index contributed by atoms with van der Waals surface area (Å²) in [5.41, 5.74) is 5.56. The Hall–Kier alpha value is -3.06. The molecular formula is C21H22N6O. The Kier molecular flexibility index (Phi) is 4.16. The van der Waals surface area contributed by atoms with E-state index in [-0.39, 0.29) is 6.04 Å². The van der Waals surface area contributed by atoms with Gasteiger partial charge >= 0.3 is 0 Å². The molecule has 1 saturated heterocycles. The zero-order valence-corrected chi connectivity index (χ0v) is 16.0. The second kappa shape index (κ2) is 6.83. The molecule has 4 heterocycles. The average molecular weight is 374 g/mol. The molecule has 1 N–H and O–H groups in total. The van der Waals surface area contributed by atoms with Crippen LogP contribution in [0.4, 0.5) is 0 Å². The van der Waals surface area contributed by atoms with Gasteiger partial charge in [0.1, 0.15) is 5.82 Å². The number of rotatable bonds is 4. The number of aromatic nitrogens is 5. The fourth-order valence-corrected chi connectivity index (χ4v) is 3.92. The fourth-order valence-electron chi connectivity index (χ4n) is 3.92. The molecular weight excluding hydrogens is 352 g/mol. The number of fused-ring (bicyclic) bond motifs is 1. The molecule has 0 saturated carbocycles. The number of aryl methyl sites for hydroxylation is 2. The van der Waals surface area contributed by atoms with E-state index in [2.05, 4.69) is 51.0 Å². The fraction of sp³-hybridized carbons (Fsp3) is 0.333. The molecule has 4 aromatic rings. The van der Waals surface area contributed by atoms with Crippen molar-refractivity contribution in [2.24, 2.45) is 0 Å². The van der Waals surface area contributed by atoms with Gasteiger partial charge in [0.25, 0.3) is 0 Å². The largest absolute Gasteiger partial charge is 0.341 e. The van der Waals surface area contributed by atoms with Crippen LogP contribution in [-0.2, 0) is 6.54 Å². The van der Waals surface area contributed by atoms with Crippen molar-refractivity contribution < 1.29 is 4.52 Å². The first-order chi connectivity index (χ1) is 13.7. The Morgan fingerprint density at radius 2 is 2.00 bits per heavy atom. The second-order valence-electron chi connectivity index (χ2n) is 7.41. The third-order valence-corrected chi connectivity index (χ3v) is 5.61. The molecule has 1 aliphatic rings. The molecule has 1 fully saturated rings. The van der Waals surface area contributed by atoms with Gasteiger partial charge < -0.3 is 9.51 Å². The number of nitrogens with one attached hydrogen (secondary N) is 1. The van der Waals surface area contributed by atoms with E-state index >= 15 is 0 Å². The third-order valence-electron chi connectivity index (χ3n) is 5.61. The maximum Gasteiger partial charge on any atom is 0.244 e. The predicted octanol–water partition coefficient (Wildman–Crippen LogP) is 3.96. The van der Waals surface area contributed by atoms with E-state index in [9.17, 15) is 0 Å². The molecule has 0 amide bonds. The van der Waals surface area contributed by atoms with Crippen LogP contribution in [0.5, 0.6) is 0 Å². The predicted molar refractivity (Wildman–Crippen MR) is 105 cm³/mol. The van der Waals surface area contributed by atoms with Gasteiger partial charge in [0, 0.05) is 18.0 Å². The molecule has 5 rings (SSSR count). The van der Waals surface area contributed by atoms with Crippen LogP contribution in [0.2, 0.25) is 0 Å². The maximum absolute atomic E-state index is 5.61. The summed E-state index contributed by atoms with van der Waals surface area (Å²) in [5.74, 6) is 2.26. The SMILES string of the molecule is Cc1ccc2[nH]c(CN3CCCC3c3nc(-c4ccncc4)no3)nc2c1C. The normalized spacial score (nSPS) is 17.6. The molecule has 7 heteroatoms.